The summed E-state index contributed by atoms with van der Waals surface area (Å²) in [5, 5.41) is 0.741. The van der Waals surface area contributed by atoms with Crippen molar-refractivity contribution in [2.45, 2.75) is 0 Å². The Kier molecular flexibility index (Phi) is 3.89. The third kappa shape index (κ3) is 2.78. The second-order valence-corrected chi connectivity index (χ2v) is 5.91. The van der Waals surface area contributed by atoms with E-state index in [0.717, 1.165) is 36.9 Å². The first-order valence-electron chi connectivity index (χ1n) is 6.44. The monoisotopic (exact) mass is 307 g/mol. The van der Waals surface area contributed by atoms with Gasteiger partial charge in [-0.2, -0.15) is 0 Å². The summed E-state index contributed by atoms with van der Waals surface area (Å²) in [6.07, 6.45) is 1.67. The second kappa shape index (κ2) is 5.81. The molecule has 0 spiro atoms. The molecule has 0 atom stereocenters. The Morgan fingerprint density at radius 1 is 1.20 bits per heavy atom. The lowest BCUT2D eigenvalue weighted by Crippen LogP contribution is -2.48. The highest BCUT2D eigenvalue weighted by Gasteiger charge is 2.23. The molecule has 0 N–H and O–H groups in total. The summed E-state index contributed by atoms with van der Waals surface area (Å²) in [4.78, 5) is 17.1. The predicted octanol–water partition coefficient (Wildman–Crippen LogP) is 2.76. The Hall–Kier alpha value is -1.59. The van der Waals surface area contributed by atoms with E-state index in [1.807, 2.05) is 29.2 Å². The third-order valence-corrected chi connectivity index (χ3v) is 4.36. The van der Waals surface area contributed by atoms with Crippen LogP contribution in [-0.4, -0.2) is 41.4 Å². The maximum absolute atomic E-state index is 12.2. The van der Waals surface area contributed by atoms with Crippen LogP contribution in [0.4, 0.5) is 5.69 Å². The lowest BCUT2D eigenvalue weighted by atomic mass is 10.2. The van der Waals surface area contributed by atoms with E-state index >= 15 is 0 Å². The molecule has 1 aliphatic heterocycles. The first kappa shape index (κ1) is 13.4. The summed E-state index contributed by atoms with van der Waals surface area (Å²) < 4.78 is 3.98. The molecule has 0 bridgehead atoms. The van der Waals surface area contributed by atoms with Gasteiger partial charge in [0.1, 0.15) is 4.88 Å². The summed E-state index contributed by atoms with van der Waals surface area (Å²) in [6.45, 7) is 3.10. The average molecular weight is 308 g/mol. The Morgan fingerprint density at radius 3 is 2.65 bits per heavy atom. The number of nitrogens with zero attached hydrogens (tertiary/aromatic N) is 3. The van der Waals surface area contributed by atoms with E-state index in [4.69, 9.17) is 11.6 Å². The molecule has 0 saturated carbocycles. The molecule has 104 valence electrons. The third-order valence-electron chi connectivity index (χ3n) is 3.39. The minimum atomic E-state index is 0.0817. The smallest absolute Gasteiger partial charge is 0.265 e. The highest BCUT2D eigenvalue weighted by Crippen LogP contribution is 2.21. The van der Waals surface area contributed by atoms with Crippen molar-refractivity contribution in [1.82, 2.24) is 9.27 Å². The van der Waals surface area contributed by atoms with Crippen LogP contribution < -0.4 is 4.90 Å². The maximum Gasteiger partial charge on any atom is 0.265 e. The fraction of sp³-hybridized carbons (Fsp3) is 0.286. The van der Waals surface area contributed by atoms with Crippen LogP contribution in [0.3, 0.4) is 0 Å². The minimum absolute atomic E-state index is 0.0817. The molecule has 0 radical (unpaired) electrons. The van der Waals surface area contributed by atoms with Crippen molar-refractivity contribution in [3.63, 3.8) is 0 Å². The minimum Gasteiger partial charge on any atom is -0.368 e. The van der Waals surface area contributed by atoms with Gasteiger partial charge >= 0.3 is 0 Å². The number of piperazine rings is 1. The lowest BCUT2D eigenvalue weighted by molar-refractivity contribution is 0.0751. The van der Waals surface area contributed by atoms with Gasteiger partial charge in [-0.25, -0.2) is 4.37 Å². The van der Waals surface area contributed by atoms with Crippen LogP contribution in [-0.2, 0) is 0 Å². The lowest BCUT2D eigenvalue weighted by Gasteiger charge is -2.36. The van der Waals surface area contributed by atoms with Gasteiger partial charge in [0.05, 0.1) is 0 Å². The number of carbonyl (C=O) groups excluding carboxylic acids is 1. The van der Waals surface area contributed by atoms with Crippen molar-refractivity contribution in [3.8, 4) is 0 Å². The largest absolute Gasteiger partial charge is 0.368 e. The number of rotatable bonds is 2. The fourth-order valence-electron chi connectivity index (χ4n) is 2.32. The maximum atomic E-state index is 12.2. The molecular weight excluding hydrogens is 294 g/mol. The normalized spacial score (nSPS) is 15.4. The van der Waals surface area contributed by atoms with Crippen LogP contribution in [0.5, 0.6) is 0 Å². The molecule has 3 rings (SSSR count). The summed E-state index contributed by atoms with van der Waals surface area (Å²) >= 11 is 7.27. The van der Waals surface area contributed by atoms with Gasteiger partial charge < -0.3 is 9.80 Å². The molecule has 1 aromatic heterocycles. The van der Waals surface area contributed by atoms with Crippen molar-refractivity contribution >= 4 is 34.7 Å². The standard InChI is InChI=1S/C14H14ClN3OS/c15-11-2-1-3-12(10-11)17-6-8-18(9-7-17)14(19)13-4-5-16-20-13/h1-5,10H,6-9H2. The number of anilines is 1. The molecular formula is C14H14ClN3OS. The highest BCUT2D eigenvalue weighted by molar-refractivity contribution is 7.08. The summed E-state index contributed by atoms with van der Waals surface area (Å²) in [5.41, 5.74) is 1.11. The molecule has 1 amide bonds. The van der Waals surface area contributed by atoms with Gasteiger partial charge in [0.25, 0.3) is 5.91 Å². The first-order valence-corrected chi connectivity index (χ1v) is 7.59. The van der Waals surface area contributed by atoms with Crippen molar-refractivity contribution in [2.75, 3.05) is 31.1 Å². The SMILES string of the molecule is O=C(c1ccns1)N1CCN(c2cccc(Cl)c2)CC1. The molecule has 6 heteroatoms. The van der Waals surface area contributed by atoms with Gasteiger partial charge in [0.2, 0.25) is 0 Å². The topological polar surface area (TPSA) is 36.4 Å². The van der Waals surface area contributed by atoms with Crippen molar-refractivity contribution in [3.05, 3.63) is 46.4 Å². The van der Waals surface area contributed by atoms with Gasteiger partial charge in [0.15, 0.2) is 0 Å². The van der Waals surface area contributed by atoms with Crippen molar-refractivity contribution < 1.29 is 4.79 Å². The van der Waals surface area contributed by atoms with E-state index in [2.05, 4.69) is 9.27 Å². The number of benzene rings is 1. The highest BCUT2D eigenvalue weighted by atomic mass is 35.5. The zero-order valence-electron chi connectivity index (χ0n) is 10.8. The van der Waals surface area contributed by atoms with Crippen LogP contribution in [0.15, 0.2) is 36.5 Å². The molecule has 0 unspecified atom stereocenters. The Labute approximate surface area is 126 Å². The predicted molar refractivity (Wildman–Crippen MR) is 81.7 cm³/mol. The first-order chi connectivity index (χ1) is 9.74. The second-order valence-electron chi connectivity index (χ2n) is 4.64. The molecule has 4 nitrogen and oxygen atoms in total. The summed E-state index contributed by atoms with van der Waals surface area (Å²) in [6, 6.07) is 9.60. The Balaban J connectivity index is 1.64. The van der Waals surface area contributed by atoms with E-state index in [-0.39, 0.29) is 5.91 Å². The van der Waals surface area contributed by atoms with Crippen LogP contribution in [0.2, 0.25) is 5.02 Å². The quantitative estimate of drug-likeness (QED) is 0.856. The number of halogens is 1. The van der Waals surface area contributed by atoms with Crippen LogP contribution in [0.1, 0.15) is 9.67 Å². The van der Waals surface area contributed by atoms with Gasteiger partial charge in [-0.05, 0) is 35.8 Å². The molecule has 0 aliphatic carbocycles. The van der Waals surface area contributed by atoms with Gasteiger partial charge in [-0.15, -0.1) is 0 Å². The van der Waals surface area contributed by atoms with Crippen LogP contribution in [0.25, 0.3) is 0 Å². The zero-order chi connectivity index (χ0) is 13.9. The number of hydrogen-bond donors (Lipinski definition) is 0. The number of hydrogen-bond acceptors (Lipinski definition) is 4. The zero-order valence-corrected chi connectivity index (χ0v) is 12.4. The van der Waals surface area contributed by atoms with Gasteiger partial charge in [-0.3, -0.25) is 4.79 Å². The Morgan fingerprint density at radius 2 is 2.00 bits per heavy atom. The van der Waals surface area contributed by atoms with E-state index in [1.54, 1.807) is 12.3 Å². The summed E-state index contributed by atoms with van der Waals surface area (Å²) in [5.74, 6) is 0.0817. The van der Waals surface area contributed by atoms with Gasteiger partial charge in [0, 0.05) is 43.1 Å². The van der Waals surface area contributed by atoms with Crippen LogP contribution in [0, 0.1) is 0 Å². The number of amides is 1. The summed E-state index contributed by atoms with van der Waals surface area (Å²) in [7, 11) is 0. The fourth-order valence-corrected chi connectivity index (χ4v) is 3.07. The van der Waals surface area contributed by atoms with Gasteiger partial charge in [-0.1, -0.05) is 17.7 Å². The molecule has 20 heavy (non-hydrogen) atoms. The van der Waals surface area contributed by atoms with E-state index in [9.17, 15) is 4.79 Å². The number of aromatic nitrogens is 1. The molecule has 1 aliphatic rings. The average Bonchev–Trinajstić information content (AvgIpc) is 3.01. The molecule has 2 heterocycles. The Bertz CT molecular complexity index is 594. The molecule has 1 saturated heterocycles. The molecule has 1 fully saturated rings. The molecule has 1 aromatic carbocycles. The van der Waals surface area contributed by atoms with Crippen molar-refractivity contribution in [1.29, 1.82) is 0 Å². The molecule has 2 aromatic rings. The van der Waals surface area contributed by atoms with E-state index < -0.39 is 0 Å². The van der Waals surface area contributed by atoms with E-state index in [1.165, 1.54) is 11.5 Å². The van der Waals surface area contributed by atoms with E-state index in [0.29, 0.717) is 4.88 Å². The van der Waals surface area contributed by atoms with Crippen LogP contribution >= 0.6 is 23.1 Å². The van der Waals surface area contributed by atoms with Crippen molar-refractivity contribution in [2.24, 2.45) is 0 Å². The number of carbonyl (C=O) groups is 1.